The second-order valence-electron chi connectivity index (χ2n) is 7.59. The van der Waals surface area contributed by atoms with E-state index in [1.54, 1.807) is 23.6 Å². The number of phenolic OH excluding ortho intramolecular Hbond substituents is 1. The van der Waals surface area contributed by atoms with Crippen molar-refractivity contribution in [3.8, 4) is 17.2 Å². The van der Waals surface area contributed by atoms with Gasteiger partial charge >= 0.3 is 5.69 Å². The minimum Gasteiger partial charge on any atom is -0.502 e. The Kier molecular flexibility index (Phi) is 6.26. The lowest BCUT2D eigenvalue weighted by Gasteiger charge is -2.03. The van der Waals surface area contributed by atoms with Gasteiger partial charge in [-0.2, -0.15) is 5.10 Å². The van der Waals surface area contributed by atoms with Crippen LogP contribution in [-0.2, 0) is 0 Å². The van der Waals surface area contributed by atoms with Crippen LogP contribution >= 0.6 is 22.9 Å². The molecule has 0 saturated heterocycles. The molecule has 0 atom stereocenters. The number of nitro groups is 2. The number of nitro benzene ring substituents is 2. The minimum absolute atomic E-state index is 0.00917. The Morgan fingerprint density at radius 1 is 1.00 bits per heavy atom. The maximum Gasteiger partial charge on any atom is 0.312 e. The maximum atomic E-state index is 11.5. The fourth-order valence-electron chi connectivity index (χ4n) is 3.55. The maximum absolute atomic E-state index is 11.5. The number of benzene rings is 3. The molecule has 0 spiro atoms. The Morgan fingerprint density at radius 3 is 2.49 bits per heavy atom. The first kappa shape index (κ1) is 23.9. The average molecular weight is 536 g/mol. The van der Waals surface area contributed by atoms with Gasteiger partial charge in [0.2, 0.25) is 10.6 Å². The van der Waals surface area contributed by atoms with Crippen LogP contribution < -0.4 is 4.80 Å². The van der Waals surface area contributed by atoms with E-state index in [0.717, 1.165) is 22.8 Å². The molecule has 0 saturated carbocycles. The van der Waals surface area contributed by atoms with Gasteiger partial charge < -0.3 is 9.52 Å². The number of hydrogen-bond acceptors (Lipinski definition) is 9. The van der Waals surface area contributed by atoms with E-state index in [4.69, 9.17) is 16.0 Å². The highest BCUT2D eigenvalue weighted by molar-refractivity contribution is 7.07. The van der Waals surface area contributed by atoms with Crippen molar-refractivity contribution in [3.63, 3.8) is 0 Å². The highest BCUT2D eigenvalue weighted by Crippen LogP contribution is 2.33. The molecule has 0 aliphatic rings. The standard InChI is InChI=1S/C24H14ClN5O6S/c25-16-9-15(23(31)19(11-16)30(34)35)12-26-28-20(22-10-14-5-1-4-8-21(14)36-22)13-37-24(28)27-17-6-2-3-7-18(17)29(32)33/h1-13,31H. The molecule has 5 rings (SSSR count). The summed E-state index contributed by atoms with van der Waals surface area (Å²) in [6.45, 7) is 0. The minimum atomic E-state index is -0.759. The fraction of sp³-hybridized carbons (Fsp3) is 0. The number of aromatic hydroxyl groups is 1. The summed E-state index contributed by atoms with van der Waals surface area (Å²) in [5, 5.41) is 40.1. The number of thiazole rings is 1. The molecule has 2 heterocycles. The Balaban J connectivity index is 1.71. The van der Waals surface area contributed by atoms with Gasteiger partial charge in [0, 0.05) is 33.5 Å². The van der Waals surface area contributed by atoms with Gasteiger partial charge in [0.15, 0.2) is 5.76 Å². The number of furan rings is 1. The molecule has 184 valence electrons. The molecule has 5 aromatic rings. The molecule has 37 heavy (non-hydrogen) atoms. The van der Waals surface area contributed by atoms with Gasteiger partial charge in [-0.05, 0) is 24.3 Å². The molecule has 0 aliphatic heterocycles. The van der Waals surface area contributed by atoms with Crippen LogP contribution in [-0.4, -0.2) is 25.8 Å². The lowest BCUT2D eigenvalue weighted by atomic mass is 10.2. The zero-order chi connectivity index (χ0) is 26.1. The van der Waals surface area contributed by atoms with Crippen molar-refractivity contribution in [2.75, 3.05) is 0 Å². The Labute approximate surface area is 216 Å². The van der Waals surface area contributed by atoms with Crippen LogP contribution in [0, 0.1) is 20.2 Å². The van der Waals surface area contributed by atoms with Gasteiger partial charge in [-0.1, -0.05) is 41.9 Å². The molecule has 13 heteroatoms. The lowest BCUT2D eigenvalue weighted by molar-refractivity contribution is -0.385. The van der Waals surface area contributed by atoms with Crippen molar-refractivity contribution in [1.82, 2.24) is 4.68 Å². The van der Waals surface area contributed by atoms with Crippen LogP contribution in [0.5, 0.6) is 5.75 Å². The van der Waals surface area contributed by atoms with Crippen LogP contribution in [0.3, 0.4) is 0 Å². The molecule has 0 fully saturated rings. The number of halogens is 1. The summed E-state index contributed by atoms with van der Waals surface area (Å²) in [5.41, 5.74) is 0.428. The van der Waals surface area contributed by atoms with Gasteiger partial charge in [0.1, 0.15) is 17.0 Å². The summed E-state index contributed by atoms with van der Waals surface area (Å²) in [6, 6.07) is 17.5. The van der Waals surface area contributed by atoms with Gasteiger partial charge in [0.25, 0.3) is 5.69 Å². The highest BCUT2D eigenvalue weighted by Gasteiger charge is 2.19. The quantitative estimate of drug-likeness (QED) is 0.154. The van der Waals surface area contributed by atoms with E-state index in [9.17, 15) is 25.3 Å². The highest BCUT2D eigenvalue weighted by atomic mass is 35.5. The molecular formula is C24H14ClN5O6S. The van der Waals surface area contributed by atoms with E-state index in [2.05, 4.69) is 10.1 Å². The van der Waals surface area contributed by atoms with Crippen LogP contribution in [0.25, 0.3) is 22.4 Å². The summed E-state index contributed by atoms with van der Waals surface area (Å²) in [7, 11) is 0. The third-order valence-electron chi connectivity index (χ3n) is 5.25. The third kappa shape index (κ3) is 4.70. The van der Waals surface area contributed by atoms with Crippen molar-refractivity contribution < 1.29 is 19.4 Å². The molecule has 0 aliphatic carbocycles. The summed E-state index contributed by atoms with van der Waals surface area (Å²) in [6.07, 6.45) is 1.19. The zero-order valence-corrected chi connectivity index (χ0v) is 20.1. The largest absolute Gasteiger partial charge is 0.502 e. The normalized spacial score (nSPS) is 12.0. The van der Waals surface area contributed by atoms with Gasteiger partial charge in [-0.15, -0.1) is 11.3 Å². The molecule has 0 radical (unpaired) electrons. The Morgan fingerprint density at radius 2 is 1.73 bits per heavy atom. The van der Waals surface area contributed by atoms with E-state index in [1.807, 2.05) is 18.2 Å². The molecular weight excluding hydrogens is 522 g/mol. The monoisotopic (exact) mass is 535 g/mol. The van der Waals surface area contributed by atoms with Crippen molar-refractivity contribution in [2.45, 2.75) is 0 Å². The van der Waals surface area contributed by atoms with Crippen LogP contribution in [0.1, 0.15) is 5.56 Å². The predicted octanol–water partition coefficient (Wildman–Crippen LogP) is 6.25. The van der Waals surface area contributed by atoms with Gasteiger partial charge in [-0.3, -0.25) is 20.2 Å². The number of phenols is 1. The number of nitrogens with zero attached hydrogens (tertiary/aromatic N) is 5. The lowest BCUT2D eigenvalue weighted by Crippen LogP contribution is -2.11. The van der Waals surface area contributed by atoms with E-state index in [0.29, 0.717) is 17.0 Å². The molecule has 0 bridgehead atoms. The van der Waals surface area contributed by atoms with Gasteiger partial charge in [-0.25, -0.2) is 9.67 Å². The summed E-state index contributed by atoms with van der Waals surface area (Å²) in [4.78, 5) is 26.2. The van der Waals surface area contributed by atoms with Gasteiger partial charge in [0.05, 0.1) is 16.1 Å². The van der Waals surface area contributed by atoms with Crippen molar-refractivity contribution in [3.05, 3.63) is 108 Å². The number of rotatable bonds is 6. The molecule has 2 aromatic heterocycles. The first-order valence-electron chi connectivity index (χ1n) is 10.5. The molecule has 0 amide bonds. The number of para-hydroxylation sites is 3. The molecule has 0 unspecified atom stereocenters. The molecule has 11 nitrogen and oxygen atoms in total. The van der Waals surface area contributed by atoms with E-state index < -0.39 is 21.3 Å². The second kappa shape index (κ2) is 9.68. The van der Waals surface area contributed by atoms with Crippen molar-refractivity contribution in [2.24, 2.45) is 10.1 Å². The van der Waals surface area contributed by atoms with Crippen LogP contribution in [0.2, 0.25) is 5.02 Å². The molecule has 3 aromatic carbocycles. The fourth-order valence-corrected chi connectivity index (χ4v) is 4.60. The average Bonchev–Trinajstić information content (AvgIpc) is 3.48. The number of aromatic nitrogens is 1. The van der Waals surface area contributed by atoms with Crippen molar-refractivity contribution in [1.29, 1.82) is 0 Å². The number of fused-ring (bicyclic) bond motifs is 1. The smallest absolute Gasteiger partial charge is 0.312 e. The Bertz CT molecular complexity index is 1760. The topological polar surface area (TPSA) is 149 Å². The summed E-state index contributed by atoms with van der Waals surface area (Å²) < 4.78 is 7.33. The van der Waals surface area contributed by atoms with Crippen LogP contribution in [0.4, 0.5) is 17.1 Å². The van der Waals surface area contributed by atoms with E-state index in [1.165, 1.54) is 35.2 Å². The predicted molar refractivity (Wildman–Crippen MR) is 139 cm³/mol. The zero-order valence-electron chi connectivity index (χ0n) is 18.5. The number of hydrogen-bond donors (Lipinski definition) is 1. The van der Waals surface area contributed by atoms with Crippen molar-refractivity contribution >= 4 is 57.2 Å². The first-order valence-corrected chi connectivity index (χ1v) is 11.8. The summed E-state index contributed by atoms with van der Waals surface area (Å²) in [5.74, 6) is -0.170. The summed E-state index contributed by atoms with van der Waals surface area (Å²) >= 11 is 7.16. The Hall–Kier alpha value is -4.81. The van der Waals surface area contributed by atoms with E-state index >= 15 is 0 Å². The molecule has 1 N–H and O–H groups in total. The first-order chi connectivity index (χ1) is 17.8. The SMILES string of the molecule is O=[N+]([O-])c1ccccc1N=c1scc(-c2cc3ccccc3o2)n1N=Cc1cc(Cl)cc([N+](=O)[O-])c1O. The second-order valence-corrected chi connectivity index (χ2v) is 8.86. The van der Waals surface area contributed by atoms with Crippen LogP contribution in [0.15, 0.2) is 86.6 Å². The van der Waals surface area contributed by atoms with E-state index in [-0.39, 0.29) is 26.8 Å². The third-order valence-corrected chi connectivity index (χ3v) is 6.29.